The van der Waals surface area contributed by atoms with Gasteiger partial charge < -0.3 is 9.11 Å². The monoisotopic (exact) mass is 1220 g/mol. The minimum Gasteiger partial charge on any atom is -0.744 e. The molecule has 4 aromatic rings. The average Bonchev–Trinajstić information content (AvgIpc) is 3.40. The van der Waals surface area contributed by atoms with Crippen molar-refractivity contribution in [2.45, 2.75) is 320 Å². The Hall–Kier alpha value is -1.21. The molecule has 0 unspecified atom stereocenters. The van der Waals surface area contributed by atoms with Crippen LogP contribution in [-0.4, -0.2) is 74.8 Å². The third-order valence-electron chi connectivity index (χ3n) is 16.1. The molecule has 432 valence electrons. The molecule has 0 heterocycles. The minimum absolute atomic E-state index is 0. The summed E-state index contributed by atoms with van der Waals surface area (Å²) in [5, 5.41) is 4.17. The standard InChI is InChI=1S/2C34H56O3S.Ba/c2*1-3-5-7-9-11-13-15-17-19-21-24-30-26-23-27-33-31(28-32(29-34(30)33)38(35,36)37)25-22-20-18-16-14-12-10-8-6-4-2;/h2*23,26-29H,3-22,24-25H2,1-2H3,(H,35,36,37);/q;;+2/p-2. The van der Waals surface area contributed by atoms with E-state index >= 15 is 0 Å². The Morgan fingerprint density at radius 2 is 0.481 bits per heavy atom. The summed E-state index contributed by atoms with van der Waals surface area (Å²) in [6.45, 7) is 9.03. The molecule has 6 nitrogen and oxygen atoms in total. The van der Waals surface area contributed by atoms with E-state index in [0.717, 1.165) is 96.9 Å². The van der Waals surface area contributed by atoms with Gasteiger partial charge in [0.25, 0.3) is 0 Å². The predicted molar refractivity (Wildman–Crippen MR) is 332 cm³/mol. The maximum atomic E-state index is 12.0. The summed E-state index contributed by atoms with van der Waals surface area (Å²) in [7, 11) is -8.96. The molecule has 0 aliphatic heterocycles. The van der Waals surface area contributed by atoms with Gasteiger partial charge in [-0.1, -0.05) is 295 Å². The summed E-state index contributed by atoms with van der Waals surface area (Å²) in [4.78, 5) is -0.134. The van der Waals surface area contributed by atoms with Crippen molar-refractivity contribution in [3.05, 3.63) is 82.9 Å². The van der Waals surface area contributed by atoms with Gasteiger partial charge in [0, 0.05) is 0 Å². The molecule has 0 fully saturated rings. The van der Waals surface area contributed by atoms with Gasteiger partial charge in [-0.3, -0.25) is 0 Å². The van der Waals surface area contributed by atoms with E-state index in [4.69, 9.17) is 0 Å². The number of benzene rings is 4. The fourth-order valence-corrected chi connectivity index (χ4v) is 12.4. The summed E-state index contributed by atoms with van der Waals surface area (Å²) in [5.74, 6) is 0. The molecular formula is C68H110BaO6S2. The Kier molecular flexibility index (Phi) is 42.3. The topological polar surface area (TPSA) is 114 Å². The van der Waals surface area contributed by atoms with Crippen LogP contribution in [0.25, 0.3) is 21.5 Å². The van der Waals surface area contributed by atoms with Gasteiger partial charge in [-0.2, -0.15) is 0 Å². The molecule has 0 N–H and O–H groups in total. The zero-order valence-corrected chi connectivity index (χ0v) is 55.9. The van der Waals surface area contributed by atoms with E-state index in [2.05, 4.69) is 64.1 Å². The molecule has 0 amide bonds. The quantitative estimate of drug-likeness (QED) is 0.0247. The smallest absolute Gasteiger partial charge is 0.744 e. The summed E-state index contributed by atoms with van der Waals surface area (Å²) < 4.78 is 71.8. The number of hydrogen-bond donors (Lipinski definition) is 0. The molecule has 77 heavy (non-hydrogen) atoms. The molecule has 4 aromatic carbocycles. The van der Waals surface area contributed by atoms with Crippen LogP contribution in [0.5, 0.6) is 0 Å². The second-order valence-corrected chi connectivity index (χ2v) is 25.6. The van der Waals surface area contributed by atoms with Crippen LogP contribution in [0.15, 0.2) is 70.5 Å². The van der Waals surface area contributed by atoms with Crippen LogP contribution < -0.4 is 0 Å². The van der Waals surface area contributed by atoms with Crippen molar-refractivity contribution >= 4 is 90.7 Å². The maximum Gasteiger partial charge on any atom is 2.00 e. The van der Waals surface area contributed by atoms with Crippen LogP contribution in [0.1, 0.15) is 307 Å². The first-order valence-electron chi connectivity index (χ1n) is 31.9. The molecule has 9 heteroatoms. The zero-order valence-electron chi connectivity index (χ0n) is 49.9. The fourth-order valence-electron chi connectivity index (χ4n) is 11.3. The van der Waals surface area contributed by atoms with Crippen molar-refractivity contribution in [2.75, 3.05) is 0 Å². The summed E-state index contributed by atoms with van der Waals surface area (Å²) in [6.07, 6.45) is 55.0. The van der Waals surface area contributed by atoms with Gasteiger partial charge in [0.1, 0.15) is 20.2 Å². The molecule has 0 radical (unpaired) electrons. The Morgan fingerprint density at radius 1 is 0.273 bits per heavy atom. The second-order valence-electron chi connectivity index (χ2n) is 22.8. The van der Waals surface area contributed by atoms with E-state index in [1.165, 1.54) is 229 Å². The van der Waals surface area contributed by atoms with Crippen LogP contribution in [0.4, 0.5) is 0 Å². The summed E-state index contributed by atoms with van der Waals surface area (Å²) in [6, 6.07) is 19.2. The number of unbranched alkanes of at least 4 members (excludes halogenated alkanes) is 36. The van der Waals surface area contributed by atoms with Crippen LogP contribution in [0.3, 0.4) is 0 Å². The molecule has 0 saturated heterocycles. The van der Waals surface area contributed by atoms with Crippen molar-refractivity contribution < 1.29 is 25.9 Å². The first-order chi connectivity index (χ1) is 36.9. The fraction of sp³-hybridized carbons (Fsp3) is 0.706. The zero-order chi connectivity index (χ0) is 55.0. The first kappa shape index (κ1) is 71.9. The van der Waals surface area contributed by atoms with Crippen molar-refractivity contribution in [3.63, 3.8) is 0 Å². The van der Waals surface area contributed by atoms with Gasteiger partial charge in [-0.05, 0) is 119 Å². The van der Waals surface area contributed by atoms with Crippen LogP contribution in [-0.2, 0) is 45.9 Å². The SMILES string of the molecule is CCCCCCCCCCCCc1cc(S(=O)(=O)[O-])cc2c(CCCCCCCCCCCC)cccc12.CCCCCCCCCCCCc1cc(S(=O)(=O)[O-])cc2c(CCCCCCCCCCCC)cccc12.[Ba+2]. The normalized spacial score (nSPS) is 11.8. The number of fused-ring (bicyclic) bond motifs is 2. The number of hydrogen-bond acceptors (Lipinski definition) is 6. The minimum atomic E-state index is -4.48. The van der Waals surface area contributed by atoms with Gasteiger partial charge in [0.2, 0.25) is 0 Å². The Morgan fingerprint density at radius 3 is 0.701 bits per heavy atom. The maximum absolute atomic E-state index is 12.0. The Balaban J connectivity index is 0.000000520. The molecule has 0 saturated carbocycles. The summed E-state index contributed by atoms with van der Waals surface area (Å²) in [5.41, 5.74) is 4.39. The van der Waals surface area contributed by atoms with Gasteiger partial charge in [-0.25, -0.2) is 16.8 Å². The number of aryl methyl sites for hydroxylation is 4. The van der Waals surface area contributed by atoms with E-state index < -0.39 is 20.2 Å². The van der Waals surface area contributed by atoms with Crippen molar-refractivity contribution in [3.8, 4) is 0 Å². The second kappa shape index (κ2) is 45.3. The average molecular weight is 1230 g/mol. The molecule has 0 atom stereocenters. The molecule has 0 bridgehead atoms. The van der Waals surface area contributed by atoms with Crippen LogP contribution in [0, 0.1) is 0 Å². The van der Waals surface area contributed by atoms with Crippen molar-refractivity contribution in [2.24, 2.45) is 0 Å². The predicted octanol–water partition coefficient (Wildman–Crippen LogP) is 21.0. The third-order valence-corrected chi connectivity index (χ3v) is 17.7. The van der Waals surface area contributed by atoms with Gasteiger partial charge in [0.05, 0.1) is 9.79 Å². The molecular weight excluding hydrogens is 1110 g/mol. The Bertz CT molecular complexity index is 2160. The van der Waals surface area contributed by atoms with E-state index in [9.17, 15) is 25.9 Å². The van der Waals surface area contributed by atoms with Crippen molar-refractivity contribution in [1.29, 1.82) is 0 Å². The molecule has 0 spiro atoms. The van der Waals surface area contributed by atoms with Gasteiger partial charge in [-0.15, -0.1) is 0 Å². The van der Waals surface area contributed by atoms with E-state index in [-0.39, 0.29) is 58.7 Å². The third kappa shape index (κ3) is 32.3. The molecule has 0 aliphatic rings. The van der Waals surface area contributed by atoms with Crippen molar-refractivity contribution in [1.82, 2.24) is 0 Å². The Labute approximate surface area is 514 Å². The van der Waals surface area contributed by atoms with Gasteiger partial charge in [0.15, 0.2) is 0 Å². The van der Waals surface area contributed by atoms with E-state index in [0.29, 0.717) is 0 Å². The largest absolute Gasteiger partial charge is 2.00 e. The molecule has 0 aromatic heterocycles. The van der Waals surface area contributed by atoms with Crippen LogP contribution >= 0.6 is 0 Å². The molecule has 0 aliphatic carbocycles. The molecule has 4 rings (SSSR count). The van der Waals surface area contributed by atoms with E-state index in [1.54, 1.807) is 24.3 Å². The van der Waals surface area contributed by atoms with Gasteiger partial charge >= 0.3 is 48.9 Å². The van der Waals surface area contributed by atoms with Crippen LogP contribution in [0.2, 0.25) is 0 Å². The first-order valence-corrected chi connectivity index (χ1v) is 34.8. The number of rotatable bonds is 46. The van der Waals surface area contributed by atoms with E-state index in [1.807, 2.05) is 0 Å². The summed E-state index contributed by atoms with van der Waals surface area (Å²) >= 11 is 0.